The number of hydrogen-bond acceptors (Lipinski definition) is 5. The lowest BCUT2D eigenvalue weighted by Crippen LogP contribution is -2.40. The average molecular weight is 307 g/mol. The molecule has 0 bridgehead atoms. The predicted octanol–water partition coefficient (Wildman–Crippen LogP) is 1.80. The summed E-state index contributed by atoms with van der Waals surface area (Å²) in [6.07, 6.45) is 2.91. The zero-order chi connectivity index (χ0) is 16.1. The number of nitro benzene ring substituents is 1. The highest BCUT2D eigenvalue weighted by molar-refractivity contribution is 5.95. The number of likely N-dealkylation sites (tertiary alicyclic amines) is 1. The van der Waals surface area contributed by atoms with E-state index in [1.807, 2.05) is 0 Å². The Balaban J connectivity index is 2.18. The quantitative estimate of drug-likeness (QED) is 0.660. The number of nitrogens with two attached hydrogens (primary N) is 1. The van der Waals surface area contributed by atoms with Crippen LogP contribution in [0.2, 0.25) is 0 Å². The number of methoxy groups -OCH3 is 1. The molecule has 2 rings (SSSR count). The first-order valence-electron chi connectivity index (χ1n) is 7.38. The molecule has 1 aromatic rings. The zero-order valence-corrected chi connectivity index (χ0v) is 12.7. The van der Waals surface area contributed by atoms with Crippen molar-refractivity contribution in [1.82, 2.24) is 4.90 Å². The fourth-order valence-corrected chi connectivity index (χ4v) is 2.87. The summed E-state index contributed by atoms with van der Waals surface area (Å²) in [4.78, 5) is 24.8. The number of ether oxygens (including phenoxy) is 1. The van der Waals surface area contributed by atoms with Gasteiger partial charge in [0.1, 0.15) is 0 Å². The summed E-state index contributed by atoms with van der Waals surface area (Å²) in [6, 6.07) is 4.32. The molecule has 1 aliphatic rings. The molecule has 1 atom stereocenters. The van der Waals surface area contributed by atoms with E-state index in [2.05, 4.69) is 0 Å². The lowest BCUT2D eigenvalue weighted by Gasteiger charge is -2.32. The molecule has 22 heavy (non-hydrogen) atoms. The SMILES string of the molecule is COc1ccc(C(=O)N2CCCC(CCN)C2)cc1[N+](=O)[O-]. The molecular weight excluding hydrogens is 286 g/mol. The Labute approximate surface area is 129 Å². The van der Waals surface area contributed by atoms with Crippen LogP contribution in [0.4, 0.5) is 5.69 Å². The Morgan fingerprint density at radius 1 is 1.55 bits per heavy atom. The summed E-state index contributed by atoms with van der Waals surface area (Å²) in [5.41, 5.74) is 5.71. The van der Waals surface area contributed by atoms with E-state index in [4.69, 9.17) is 10.5 Å². The van der Waals surface area contributed by atoms with Crippen LogP contribution in [0, 0.1) is 16.0 Å². The Morgan fingerprint density at radius 3 is 2.95 bits per heavy atom. The number of nitro groups is 1. The standard InChI is InChI=1S/C15H21N3O4/c1-22-14-5-4-12(9-13(14)18(20)21)15(19)17-8-2-3-11(10-17)6-7-16/h4-5,9,11H,2-3,6-8,10,16H2,1H3. The van der Waals surface area contributed by atoms with Crippen molar-refractivity contribution in [3.63, 3.8) is 0 Å². The monoisotopic (exact) mass is 307 g/mol. The van der Waals surface area contributed by atoms with Crippen molar-refractivity contribution in [3.8, 4) is 5.75 Å². The van der Waals surface area contributed by atoms with Crippen molar-refractivity contribution in [1.29, 1.82) is 0 Å². The van der Waals surface area contributed by atoms with Crippen LogP contribution in [-0.4, -0.2) is 42.5 Å². The molecule has 7 heteroatoms. The molecule has 7 nitrogen and oxygen atoms in total. The van der Waals surface area contributed by atoms with Crippen LogP contribution in [0.1, 0.15) is 29.6 Å². The molecule has 0 radical (unpaired) electrons. The average Bonchev–Trinajstić information content (AvgIpc) is 2.54. The number of carbonyl (C=O) groups excluding carboxylic acids is 1. The number of rotatable bonds is 5. The zero-order valence-electron chi connectivity index (χ0n) is 12.7. The normalized spacial score (nSPS) is 18.1. The van der Waals surface area contributed by atoms with Gasteiger partial charge in [-0.05, 0) is 43.9 Å². The number of amides is 1. The minimum absolute atomic E-state index is 0.154. The van der Waals surface area contributed by atoms with Crippen LogP contribution in [0.25, 0.3) is 0 Å². The molecule has 0 aliphatic carbocycles. The highest BCUT2D eigenvalue weighted by atomic mass is 16.6. The molecule has 1 unspecified atom stereocenters. The number of hydrogen-bond donors (Lipinski definition) is 1. The number of carbonyl (C=O) groups is 1. The fraction of sp³-hybridized carbons (Fsp3) is 0.533. The lowest BCUT2D eigenvalue weighted by molar-refractivity contribution is -0.385. The van der Waals surface area contributed by atoms with Crippen molar-refractivity contribution < 1.29 is 14.5 Å². The molecule has 1 aromatic carbocycles. The second-order valence-electron chi connectivity index (χ2n) is 5.48. The van der Waals surface area contributed by atoms with E-state index in [-0.39, 0.29) is 17.3 Å². The molecular formula is C15H21N3O4. The summed E-state index contributed by atoms with van der Waals surface area (Å²) in [5, 5.41) is 11.1. The molecule has 1 heterocycles. The third-order valence-electron chi connectivity index (χ3n) is 4.00. The molecule has 1 amide bonds. The lowest BCUT2D eigenvalue weighted by atomic mass is 9.94. The third-order valence-corrected chi connectivity index (χ3v) is 4.00. The molecule has 0 aromatic heterocycles. The number of nitrogens with zero attached hydrogens (tertiary/aromatic N) is 2. The van der Waals surface area contributed by atoms with Gasteiger partial charge in [-0.1, -0.05) is 0 Å². The maximum Gasteiger partial charge on any atom is 0.311 e. The van der Waals surface area contributed by atoms with Gasteiger partial charge in [0.05, 0.1) is 12.0 Å². The largest absolute Gasteiger partial charge is 0.490 e. The van der Waals surface area contributed by atoms with E-state index in [1.54, 1.807) is 11.0 Å². The predicted molar refractivity (Wildman–Crippen MR) is 81.9 cm³/mol. The van der Waals surface area contributed by atoms with Gasteiger partial charge in [-0.3, -0.25) is 14.9 Å². The number of benzene rings is 1. The van der Waals surface area contributed by atoms with Gasteiger partial charge >= 0.3 is 5.69 Å². The van der Waals surface area contributed by atoms with Crippen molar-refractivity contribution in [2.75, 3.05) is 26.7 Å². The van der Waals surface area contributed by atoms with Crippen molar-refractivity contribution in [3.05, 3.63) is 33.9 Å². The van der Waals surface area contributed by atoms with Gasteiger partial charge in [-0.15, -0.1) is 0 Å². The van der Waals surface area contributed by atoms with Gasteiger partial charge in [-0.25, -0.2) is 0 Å². The van der Waals surface area contributed by atoms with E-state index in [0.29, 0.717) is 31.1 Å². The summed E-state index contributed by atoms with van der Waals surface area (Å²) in [7, 11) is 1.37. The van der Waals surface area contributed by atoms with E-state index >= 15 is 0 Å². The van der Waals surface area contributed by atoms with E-state index in [9.17, 15) is 14.9 Å². The molecule has 120 valence electrons. The molecule has 1 saturated heterocycles. The highest BCUT2D eigenvalue weighted by Gasteiger charge is 2.26. The second-order valence-corrected chi connectivity index (χ2v) is 5.48. The first-order valence-corrected chi connectivity index (χ1v) is 7.38. The maximum atomic E-state index is 12.6. The Kier molecular flexibility index (Phi) is 5.32. The Hall–Kier alpha value is -2.15. The topological polar surface area (TPSA) is 98.7 Å². The first-order chi connectivity index (χ1) is 10.6. The van der Waals surface area contributed by atoms with Gasteiger partial charge < -0.3 is 15.4 Å². The molecule has 0 spiro atoms. The summed E-state index contributed by atoms with van der Waals surface area (Å²) >= 11 is 0. The molecule has 1 aliphatic heterocycles. The summed E-state index contributed by atoms with van der Waals surface area (Å²) in [6.45, 7) is 1.95. The minimum Gasteiger partial charge on any atom is -0.490 e. The molecule has 1 fully saturated rings. The van der Waals surface area contributed by atoms with Crippen LogP contribution in [-0.2, 0) is 0 Å². The first kappa shape index (κ1) is 16.2. The minimum atomic E-state index is -0.539. The smallest absolute Gasteiger partial charge is 0.311 e. The maximum absolute atomic E-state index is 12.6. The van der Waals surface area contributed by atoms with Crippen molar-refractivity contribution in [2.45, 2.75) is 19.3 Å². The van der Waals surface area contributed by atoms with Gasteiger partial charge in [0.2, 0.25) is 0 Å². The second kappa shape index (κ2) is 7.22. The van der Waals surface area contributed by atoms with Gasteiger partial charge in [0.25, 0.3) is 5.91 Å². The summed E-state index contributed by atoms with van der Waals surface area (Å²) < 4.78 is 4.96. The van der Waals surface area contributed by atoms with Crippen LogP contribution in [0.3, 0.4) is 0 Å². The van der Waals surface area contributed by atoms with Crippen molar-refractivity contribution >= 4 is 11.6 Å². The van der Waals surface area contributed by atoms with Crippen LogP contribution in [0.5, 0.6) is 5.75 Å². The van der Waals surface area contributed by atoms with Gasteiger partial charge in [-0.2, -0.15) is 0 Å². The number of piperidine rings is 1. The van der Waals surface area contributed by atoms with Gasteiger partial charge in [0.15, 0.2) is 5.75 Å². The molecule has 0 saturated carbocycles. The third kappa shape index (κ3) is 3.54. The van der Waals surface area contributed by atoms with E-state index < -0.39 is 4.92 Å². The van der Waals surface area contributed by atoms with E-state index in [1.165, 1.54) is 19.2 Å². The van der Waals surface area contributed by atoms with Crippen molar-refractivity contribution in [2.24, 2.45) is 11.7 Å². The molecule has 2 N–H and O–H groups in total. The van der Waals surface area contributed by atoms with E-state index in [0.717, 1.165) is 19.3 Å². The summed E-state index contributed by atoms with van der Waals surface area (Å²) in [5.74, 6) is 0.393. The van der Waals surface area contributed by atoms with Gasteiger partial charge in [0, 0.05) is 24.7 Å². The van der Waals surface area contributed by atoms with Crippen LogP contribution < -0.4 is 10.5 Å². The van der Waals surface area contributed by atoms with Crippen LogP contribution in [0.15, 0.2) is 18.2 Å². The fourth-order valence-electron chi connectivity index (χ4n) is 2.87. The Bertz CT molecular complexity index is 560. The van der Waals surface area contributed by atoms with Crippen LogP contribution >= 0.6 is 0 Å². The Morgan fingerprint density at radius 2 is 2.32 bits per heavy atom. The highest BCUT2D eigenvalue weighted by Crippen LogP contribution is 2.29.